The van der Waals surface area contributed by atoms with Gasteiger partial charge in [-0.15, -0.1) is 0 Å². The number of ether oxygens (including phenoxy) is 1. The van der Waals surface area contributed by atoms with Gasteiger partial charge in [0.2, 0.25) is 0 Å². The van der Waals surface area contributed by atoms with Crippen molar-refractivity contribution in [3.05, 3.63) is 65.5 Å². The van der Waals surface area contributed by atoms with Crippen molar-refractivity contribution in [3.8, 4) is 5.75 Å². The first-order valence-corrected chi connectivity index (χ1v) is 10.7. The third kappa shape index (κ3) is 9.36. The van der Waals surface area contributed by atoms with Gasteiger partial charge >= 0.3 is 12.1 Å². The second-order valence-electron chi connectivity index (χ2n) is 7.89. The summed E-state index contributed by atoms with van der Waals surface area (Å²) in [5, 5.41) is 10.1. The predicted molar refractivity (Wildman–Crippen MR) is 119 cm³/mol. The minimum Gasteiger partial charge on any atom is -0.497 e. The summed E-state index contributed by atoms with van der Waals surface area (Å²) in [6.07, 6.45) is -3.22. The highest BCUT2D eigenvalue weighted by atomic mass is 19.4. The molecule has 0 radical (unpaired) electrons. The number of likely N-dealkylation sites (tertiary alicyclic amines) is 1. The van der Waals surface area contributed by atoms with E-state index in [1.807, 2.05) is 0 Å². The van der Waals surface area contributed by atoms with Crippen LogP contribution in [0.5, 0.6) is 5.75 Å². The number of carbonyl (C=O) groups excluding carboxylic acids is 2. The second kappa shape index (κ2) is 12.8. The van der Waals surface area contributed by atoms with Crippen molar-refractivity contribution in [2.45, 2.75) is 19.0 Å². The molecule has 3 rings (SSSR count). The third-order valence-corrected chi connectivity index (χ3v) is 5.39. The van der Waals surface area contributed by atoms with Crippen LogP contribution in [0, 0.1) is 11.7 Å². The van der Waals surface area contributed by atoms with E-state index in [1.54, 1.807) is 31.4 Å². The number of carboxylic acid groups (broad SMARTS) is 1. The van der Waals surface area contributed by atoms with E-state index in [4.69, 9.17) is 14.6 Å². The normalized spacial score (nSPS) is 14.4. The van der Waals surface area contributed by atoms with Crippen LogP contribution >= 0.6 is 0 Å². The van der Waals surface area contributed by atoms with Crippen LogP contribution in [0.25, 0.3) is 0 Å². The molecule has 1 saturated heterocycles. The molecule has 190 valence electrons. The van der Waals surface area contributed by atoms with Gasteiger partial charge in [0.05, 0.1) is 13.7 Å². The molecule has 0 atom stereocenters. The zero-order valence-electron chi connectivity index (χ0n) is 19.0. The zero-order chi connectivity index (χ0) is 26.0. The number of hydrogen-bond acceptors (Lipinski definition) is 5. The summed E-state index contributed by atoms with van der Waals surface area (Å²) in [6.45, 7) is 2.60. The van der Waals surface area contributed by atoms with Crippen molar-refractivity contribution in [2.24, 2.45) is 5.92 Å². The van der Waals surface area contributed by atoms with Gasteiger partial charge in [-0.3, -0.25) is 14.5 Å². The van der Waals surface area contributed by atoms with Gasteiger partial charge in [-0.05, 0) is 80.4 Å². The smallest absolute Gasteiger partial charge is 0.490 e. The van der Waals surface area contributed by atoms with Crippen LogP contribution in [-0.2, 0) is 4.79 Å². The standard InChI is InChI=1S/C22H25FN2O3.C2HF3O2/c1-28-20-8-4-18(5-9-20)22(27)24-14-16-10-12-25(13-11-16)15-21(26)17-2-6-19(23)7-3-17;3-2(4,5)1(6)7/h2-9,16H,10-15H2,1H3,(H,24,27);(H,6,7). The molecule has 1 aliphatic heterocycles. The summed E-state index contributed by atoms with van der Waals surface area (Å²) in [5.41, 5.74) is 1.15. The molecule has 1 fully saturated rings. The van der Waals surface area contributed by atoms with Crippen molar-refractivity contribution in [2.75, 3.05) is 33.3 Å². The van der Waals surface area contributed by atoms with Crippen LogP contribution in [0.4, 0.5) is 17.6 Å². The van der Waals surface area contributed by atoms with E-state index < -0.39 is 12.1 Å². The van der Waals surface area contributed by atoms with Gasteiger partial charge in [0.15, 0.2) is 5.78 Å². The molecule has 0 saturated carbocycles. The number of nitrogens with one attached hydrogen (secondary N) is 1. The SMILES string of the molecule is COc1ccc(C(=O)NCC2CCN(CC(=O)c3ccc(F)cc3)CC2)cc1.O=C(O)C(F)(F)F. The average Bonchev–Trinajstić information content (AvgIpc) is 2.83. The fraction of sp³-hybridized carbons (Fsp3) is 0.375. The molecule has 0 unspecified atom stereocenters. The predicted octanol–water partition coefficient (Wildman–Crippen LogP) is 3.79. The number of Topliss-reactive ketones (excluding diaryl/α,β-unsaturated/α-hetero) is 1. The molecule has 2 N–H and O–H groups in total. The van der Waals surface area contributed by atoms with E-state index in [-0.39, 0.29) is 17.5 Å². The molecule has 0 bridgehead atoms. The Morgan fingerprint density at radius 1 is 1.00 bits per heavy atom. The number of methoxy groups -OCH3 is 1. The van der Waals surface area contributed by atoms with E-state index in [0.29, 0.717) is 30.1 Å². The van der Waals surface area contributed by atoms with Gasteiger partial charge in [-0.25, -0.2) is 9.18 Å². The molecule has 35 heavy (non-hydrogen) atoms. The zero-order valence-corrected chi connectivity index (χ0v) is 19.0. The molecular weight excluding hydrogens is 472 g/mol. The Kier molecular flexibility index (Phi) is 10.2. The summed E-state index contributed by atoms with van der Waals surface area (Å²) in [5.74, 6) is -2.05. The summed E-state index contributed by atoms with van der Waals surface area (Å²) in [4.78, 5) is 35.6. The lowest BCUT2D eigenvalue weighted by molar-refractivity contribution is -0.192. The number of piperidine rings is 1. The molecular formula is C24H26F4N2O5. The van der Waals surface area contributed by atoms with Crippen LogP contribution in [0.15, 0.2) is 48.5 Å². The van der Waals surface area contributed by atoms with Gasteiger partial charge in [0, 0.05) is 17.7 Å². The number of amides is 1. The molecule has 7 nitrogen and oxygen atoms in total. The van der Waals surface area contributed by atoms with Crippen molar-refractivity contribution in [1.29, 1.82) is 0 Å². The lowest BCUT2D eigenvalue weighted by Crippen LogP contribution is -2.40. The fourth-order valence-electron chi connectivity index (χ4n) is 3.36. The Hall–Kier alpha value is -3.47. The highest BCUT2D eigenvalue weighted by molar-refractivity contribution is 5.97. The first-order chi connectivity index (χ1) is 16.5. The molecule has 2 aromatic rings. The number of nitrogens with zero attached hydrogens (tertiary/aromatic N) is 1. The number of ketones is 1. The lowest BCUT2D eigenvalue weighted by Gasteiger charge is -2.31. The highest BCUT2D eigenvalue weighted by Crippen LogP contribution is 2.18. The van der Waals surface area contributed by atoms with Crippen molar-refractivity contribution < 1.29 is 41.8 Å². The van der Waals surface area contributed by atoms with E-state index in [2.05, 4.69) is 10.2 Å². The number of aliphatic carboxylic acids is 1. The Bertz CT molecular complexity index is 986. The molecule has 1 aliphatic rings. The molecule has 0 aliphatic carbocycles. The average molecular weight is 498 g/mol. The Labute approximate surface area is 199 Å². The van der Waals surface area contributed by atoms with Gasteiger partial charge in [0.25, 0.3) is 5.91 Å². The van der Waals surface area contributed by atoms with Gasteiger partial charge in [-0.1, -0.05) is 0 Å². The minimum atomic E-state index is -5.08. The summed E-state index contributed by atoms with van der Waals surface area (Å²) < 4.78 is 49.8. The molecule has 0 spiro atoms. The summed E-state index contributed by atoms with van der Waals surface area (Å²) >= 11 is 0. The number of carbonyl (C=O) groups is 3. The molecule has 11 heteroatoms. The van der Waals surface area contributed by atoms with Gasteiger partial charge < -0.3 is 15.2 Å². The first kappa shape index (κ1) is 27.8. The van der Waals surface area contributed by atoms with Crippen LogP contribution in [0.1, 0.15) is 33.6 Å². The molecule has 1 amide bonds. The van der Waals surface area contributed by atoms with Gasteiger partial charge in [0.1, 0.15) is 11.6 Å². The van der Waals surface area contributed by atoms with E-state index in [9.17, 15) is 27.2 Å². The fourth-order valence-corrected chi connectivity index (χ4v) is 3.36. The number of hydrogen-bond donors (Lipinski definition) is 2. The Balaban J connectivity index is 0.000000540. The van der Waals surface area contributed by atoms with Crippen molar-refractivity contribution in [1.82, 2.24) is 10.2 Å². The maximum Gasteiger partial charge on any atom is 0.490 e. The number of carboxylic acids is 1. The molecule has 1 heterocycles. The van der Waals surface area contributed by atoms with Crippen LogP contribution < -0.4 is 10.1 Å². The highest BCUT2D eigenvalue weighted by Gasteiger charge is 2.38. The van der Waals surface area contributed by atoms with Crippen molar-refractivity contribution >= 4 is 17.7 Å². The topological polar surface area (TPSA) is 95.9 Å². The van der Waals surface area contributed by atoms with Gasteiger partial charge in [-0.2, -0.15) is 13.2 Å². The van der Waals surface area contributed by atoms with E-state index in [0.717, 1.165) is 31.7 Å². The summed E-state index contributed by atoms with van der Waals surface area (Å²) in [7, 11) is 1.59. The van der Waals surface area contributed by atoms with E-state index >= 15 is 0 Å². The third-order valence-electron chi connectivity index (χ3n) is 5.39. The maximum atomic E-state index is 13.0. The molecule has 0 aromatic heterocycles. The maximum absolute atomic E-state index is 13.0. The molecule has 2 aromatic carbocycles. The van der Waals surface area contributed by atoms with E-state index in [1.165, 1.54) is 24.3 Å². The minimum absolute atomic E-state index is 0.00579. The Morgan fingerprint density at radius 2 is 1.51 bits per heavy atom. The summed E-state index contributed by atoms with van der Waals surface area (Å²) in [6, 6.07) is 12.7. The number of benzene rings is 2. The monoisotopic (exact) mass is 498 g/mol. The van der Waals surface area contributed by atoms with Crippen molar-refractivity contribution in [3.63, 3.8) is 0 Å². The second-order valence-corrected chi connectivity index (χ2v) is 7.89. The largest absolute Gasteiger partial charge is 0.497 e. The number of alkyl halides is 3. The first-order valence-electron chi connectivity index (χ1n) is 10.7. The number of halogens is 4. The van der Waals surface area contributed by atoms with Crippen LogP contribution in [0.2, 0.25) is 0 Å². The van der Waals surface area contributed by atoms with Crippen LogP contribution in [-0.4, -0.2) is 67.1 Å². The quantitative estimate of drug-likeness (QED) is 0.446. The van der Waals surface area contributed by atoms with Crippen LogP contribution in [0.3, 0.4) is 0 Å². The number of rotatable bonds is 7. The lowest BCUT2D eigenvalue weighted by atomic mass is 9.96. The Morgan fingerprint density at radius 3 is 2.00 bits per heavy atom.